The number of benzene rings is 2. The molecule has 0 radical (unpaired) electrons. The fourth-order valence-electron chi connectivity index (χ4n) is 3.01. The van der Waals surface area contributed by atoms with Gasteiger partial charge in [0.2, 0.25) is 0 Å². The second-order valence-corrected chi connectivity index (χ2v) is 7.47. The summed E-state index contributed by atoms with van der Waals surface area (Å²) in [5.41, 5.74) is 8.01. The average Bonchev–Trinajstić information content (AvgIpc) is 2.65. The van der Waals surface area contributed by atoms with Crippen LogP contribution in [0.3, 0.4) is 0 Å². The first-order chi connectivity index (χ1) is 12.3. The van der Waals surface area contributed by atoms with Crippen molar-refractivity contribution in [2.24, 2.45) is 5.73 Å². The molecule has 1 unspecified atom stereocenters. The predicted octanol–water partition coefficient (Wildman–Crippen LogP) is 3.13. The first kappa shape index (κ1) is 18.3. The molecule has 0 amide bonds. The number of aromatic nitrogens is 2. The van der Waals surface area contributed by atoms with Crippen LogP contribution in [-0.4, -0.2) is 28.7 Å². The summed E-state index contributed by atoms with van der Waals surface area (Å²) in [5, 5.41) is 11.5. The summed E-state index contributed by atoms with van der Waals surface area (Å²) in [7, 11) is 1.58. The molecule has 136 valence electrons. The van der Waals surface area contributed by atoms with Crippen LogP contribution in [0.2, 0.25) is 0 Å². The van der Waals surface area contributed by atoms with E-state index < -0.39 is 5.60 Å². The van der Waals surface area contributed by atoms with Gasteiger partial charge < -0.3 is 15.6 Å². The Morgan fingerprint density at radius 2 is 1.77 bits per heavy atom. The number of hydrogen-bond donors (Lipinski definition) is 2. The van der Waals surface area contributed by atoms with Crippen molar-refractivity contribution in [3.8, 4) is 5.75 Å². The van der Waals surface area contributed by atoms with Gasteiger partial charge in [0, 0.05) is 12.1 Å². The van der Waals surface area contributed by atoms with E-state index in [2.05, 4.69) is 30.7 Å². The molecule has 1 heterocycles. The number of rotatable bonds is 4. The lowest BCUT2D eigenvalue weighted by atomic mass is 9.82. The molecular formula is C21H25N3O2. The Morgan fingerprint density at radius 1 is 1.08 bits per heavy atom. The summed E-state index contributed by atoms with van der Waals surface area (Å²) >= 11 is 0. The monoisotopic (exact) mass is 351 g/mol. The summed E-state index contributed by atoms with van der Waals surface area (Å²) in [6, 6.07) is 13.4. The summed E-state index contributed by atoms with van der Waals surface area (Å²) in [4.78, 5) is 9.04. The van der Waals surface area contributed by atoms with Gasteiger partial charge in [-0.3, -0.25) is 4.98 Å². The zero-order chi connectivity index (χ0) is 18.9. The minimum absolute atomic E-state index is 0.0377. The molecule has 3 N–H and O–H groups in total. The molecule has 0 fully saturated rings. The maximum Gasteiger partial charge on any atom is 0.149 e. The van der Waals surface area contributed by atoms with E-state index in [-0.39, 0.29) is 12.0 Å². The van der Waals surface area contributed by atoms with Gasteiger partial charge in [0.25, 0.3) is 0 Å². The fourth-order valence-corrected chi connectivity index (χ4v) is 3.01. The standard InChI is InChI=1S/C21H25N3O2/c1-20(2,3)14-9-10-18(26-4)15(11-14)21(25,13-22)19-12-23-16-7-5-6-8-17(16)24-19/h5-12,25H,13,22H2,1-4H3. The lowest BCUT2D eigenvalue weighted by molar-refractivity contribution is 0.0823. The summed E-state index contributed by atoms with van der Waals surface area (Å²) < 4.78 is 5.51. The fraction of sp³-hybridized carbons (Fsp3) is 0.333. The van der Waals surface area contributed by atoms with E-state index in [1.54, 1.807) is 13.3 Å². The highest BCUT2D eigenvalue weighted by molar-refractivity contribution is 5.73. The van der Waals surface area contributed by atoms with Gasteiger partial charge in [-0.25, -0.2) is 4.98 Å². The van der Waals surface area contributed by atoms with Crippen molar-refractivity contribution in [1.82, 2.24) is 9.97 Å². The van der Waals surface area contributed by atoms with E-state index in [1.165, 1.54) is 0 Å². The highest BCUT2D eigenvalue weighted by Crippen LogP contribution is 2.37. The second kappa shape index (κ2) is 6.67. The van der Waals surface area contributed by atoms with E-state index >= 15 is 0 Å². The molecule has 5 heteroatoms. The minimum Gasteiger partial charge on any atom is -0.496 e. The van der Waals surface area contributed by atoms with Crippen LogP contribution in [0.15, 0.2) is 48.7 Å². The van der Waals surface area contributed by atoms with Crippen LogP contribution in [0, 0.1) is 0 Å². The molecule has 2 aromatic carbocycles. The van der Waals surface area contributed by atoms with Crippen molar-refractivity contribution in [2.45, 2.75) is 31.8 Å². The number of para-hydroxylation sites is 2. The Kier molecular flexibility index (Phi) is 4.69. The number of fused-ring (bicyclic) bond motifs is 1. The van der Waals surface area contributed by atoms with Crippen LogP contribution in [-0.2, 0) is 11.0 Å². The molecule has 0 saturated carbocycles. The van der Waals surface area contributed by atoms with Crippen LogP contribution in [0.25, 0.3) is 11.0 Å². The molecule has 5 nitrogen and oxygen atoms in total. The van der Waals surface area contributed by atoms with Gasteiger partial charge in [-0.05, 0) is 35.2 Å². The van der Waals surface area contributed by atoms with E-state index in [9.17, 15) is 5.11 Å². The summed E-state index contributed by atoms with van der Waals surface area (Å²) in [6.07, 6.45) is 1.58. The minimum atomic E-state index is -1.50. The van der Waals surface area contributed by atoms with Crippen molar-refractivity contribution < 1.29 is 9.84 Å². The van der Waals surface area contributed by atoms with Crippen LogP contribution in [0.1, 0.15) is 37.6 Å². The smallest absolute Gasteiger partial charge is 0.149 e. The highest BCUT2D eigenvalue weighted by atomic mass is 16.5. The van der Waals surface area contributed by atoms with Crippen molar-refractivity contribution >= 4 is 11.0 Å². The quantitative estimate of drug-likeness (QED) is 0.755. The number of hydrogen-bond acceptors (Lipinski definition) is 5. The zero-order valence-electron chi connectivity index (χ0n) is 15.7. The van der Waals surface area contributed by atoms with E-state index in [4.69, 9.17) is 10.5 Å². The molecule has 0 spiro atoms. The third kappa shape index (κ3) is 3.16. The average molecular weight is 351 g/mol. The maximum atomic E-state index is 11.5. The van der Waals surface area contributed by atoms with Crippen LogP contribution in [0.5, 0.6) is 5.75 Å². The van der Waals surface area contributed by atoms with Crippen molar-refractivity contribution in [3.05, 3.63) is 65.5 Å². The van der Waals surface area contributed by atoms with Crippen LogP contribution < -0.4 is 10.5 Å². The Morgan fingerprint density at radius 3 is 2.38 bits per heavy atom. The maximum absolute atomic E-state index is 11.5. The Hall–Kier alpha value is -2.50. The van der Waals surface area contributed by atoms with Gasteiger partial charge >= 0.3 is 0 Å². The number of ether oxygens (including phenoxy) is 1. The number of aliphatic hydroxyl groups is 1. The normalized spacial score (nSPS) is 14.2. The molecule has 0 aliphatic rings. The Bertz CT molecular complexity index is 934. The SMILES string of the molecule is COc1ccc(C(C)(C)C)cc1C(O)(CN)c1cnc2ccccc2n1. The van der Waals surface area contributed by atoms with Crippen LogP contribution in [0.4, 0.5) is 0 Å². The third-order valence-corrected chi connectivity index (χ3v) is 4.68. The Balaban J connectivity index is 2.22. The number of nitrogens with zero attached hydrogens (tertiary/aromatic N) is 2. The van der Waals surface area contributed by atoms with Gasteiger partial charge in [0.15, 0.2) is 0 Å². The molecule has 3 aromatic rings. The van der Waals surface area contributed by atoms with Gasteiger partial charge in [0.1, 0.15) is 11.4 Å². The largest absolute Gasteiger partial charge is 0.496 e. The molecule has 3 rings (SSSR count). The number of methoxy groups -OCH3 is 1. The third-order valence-electron chi connectivity index (χ3n) is 4.68. The van der Waals surface area contributed by atoms with E-state index in [1.807, 2.05) is 42.5 Å². The first-order valence-corrected chi connectivity index (χ1v) is 8.63. The molecule has 1 atom stereocenters. The molecule has 1 aromatic heterocycles. The predicted molar refractivity (Wildman–Crippen MR) is 103 cm³/mol. The highest BCUT2D eigenvalue weighted by Gasteiger charge is 2.36. The first-order valence-electron chi connectivity index (χ1n) is 8.63. The summed E-state index contributed by atoms with van der Waals surface area (Å²) in [6.45, 7) is 6.33. The van der Waals surface area contributed by atoms with Gasteiger partial charge in [0.05, 0.1) is 30.0 Å². The molecular weight excluding hydrogens is 326 g/mol. The van der Waals surface area contributed by atoms with Crippen molar-refractivity contribution in [3.63, 3.8) is 0 Å². The van der Waals surface area contributed by atoms with Gasteiger partial charge in [-0.1, -0.05) is 39.0 Å². The lowest BCUT2D eigenvalue weighted by Gasteiger charge is -2.30. The number of nitrogens with two attached hydrogens (primary N) is 1. The summed E-state index contributed by atoms with van der Waals surface area (Å²) in [5.74, 6) is 0.570. The van der Waals surface area contributed by atoms with E-state index in [0.717, 1.165) is 11.1 Å². The molecule has 0 aliphatic heterocycles. The Labute approximate surface area is 153 Å². The molecule has 0 bridgehead atoms. The second-order valence-electron chi connectivity index (χ2n) is 7.47. The molecule has 26 heavy (non-hydrogen) atoms. The van der Waals surface area contributed by atoms with Crippen molar-refractivity contribution in [1.29, 1.82) is 0 Å². The molecule has 0 aliphatic carbocycles. The van der Waals surface area contributed by atoms with Gasteiger partial charge in [-0.2, -0.15) is 0 Å². The topological polar surface area (TPSA) is 81.3 Å². The van der Waals surface area contributed by atoms with E-state index in [0.29, 0.717) is 22.5 Å². The van der Waals surface area contributed by atoms with Gasteiger partial charge in [-0.15, -0.1) is 0 Å². The van der Waals surface area contributed by atoms with Crippen LogP contribution >= 0.6 is 0 Å². The molecule has 0 saturated heterocycles. The lowest BCUT2D eigenvalue weighted by Crippen LogP contribution is -2.38. The zero-order valence-corrected chi connectivity index (χ0v) is 15.7. The van der Waals surface area contributed by atoms with Crippen molar-refractivity contribution in [2.75, 3.05) is 13.7 Å².